The fourth-order valence-corrected chi connectivity index (χ4v) is 2.15. The zero-order chi connectivity index (χ0) is 18.5. The molecule has 0 bridgehead atoms. The number of aliphatic imine (C=N–C) groups is 1. The Balaban J connectivity index is 2.45. The highest BCUT2D eigenvalue weighted by molar-refractivity contribution is 5.79. The van der Waals surface area contributed by atoms with Crippen molar-refractivity contribution in [1.82, 2.24) is 10.6 Å². The van der Waals surface area contributed by atoms with Gasteiger partial charge in [-0.2, -0.15) is 0 Å². The lowest BCUT2D eigenvalue weighted by Gasteiger charge is -2.14. The molecule has 0 fully saturated rings. The van der Waals surface area contributed by atoms with Crippen molar-refractivity contribution in [3.8, 4) is 0 Å². The molecule has 0 spiro atoms. The molecule has 2 N–H and O–H groups in total. The monoisotopic (exact) mass is 354 g/mol. The Bertz CT molecular complexity index is 524. The molecule has 0 atom stereocenters. The van der Waals surface area contributed by atoms with Gasteiger partial charge in [-0.25, -0.2) is 9.38 Å². The number of hydrogen-bond donors (Lipinski definition) is 2. The smallest absolute Gasteiger partial charge is 0.191 e. The molecule has 0 aromatic heterocycles. The van der Waals surface area contributed by atoms with Crippen LogP contribution in [0.2, 0.25) is 0 Å². The number of rotatable bonds is 11. The highest BCUT2D eigenvalue weighted by Crippen LogP contribution is 2.18. The van der Waals surface area contributed by atoms with Gasteiger partial charge in [-0.3, -0.25) is 0 Å². The SMILES string of the molecule is CCNC(=NCc1ccc(N(C)C)c(F)c1)NCCCOCCOC. The van der Waals surface area contributed by atoms with E-state index in [2.05, 4.69) is 15.6 Å². The summed E-state index contributed by atoms with van der Waals surface area (Å²) >= 11 is 0. The summed E-state index contributed by atoms with van der Waals surface area (Å²) in [5.74, 6) is 0.486. The van der Waals surface area contributed by atoms with E-state index in [4.69, 9.17) is 9.47 Å². The normalized spacial score (nSPS) is 11.5. The molecule has 1 aromatic carbocycles. The summed E-state index contributed by atoms with van der Waals surface area (Å²) < 4.78 is 24.3. The number of hydrogen-bond acceptors (Lipinski definition) is 4. The largest absolute Gasteiger partial charge is 0.382 e. The summed E-state index contributed by atoms with van der Waals surface area (Å²) in [6, 6.07) is 5.21. The van der Waals surface area contributed by atoms with Gasteiger partial charge in [0.25, 0.3) is 0 Å². The molecule has 25 heavy (non-hydrogen) atoms. The molecule has 1 aromatic rings. The molecule has 0 saturated carbocycles. The van der Waals surface area contributed by atoms with E-state index in [9.17, 15) is 4.39 Å². The third-order valence-corrected chi connectivity index (χ3v) is 3.45. The van der Waals surface area contributed by atoms with Crippen LogP contribution >= 0.6 is 0 Å². The standard InChI is InChI=1S/C18H31FN4O2/c1-5-20-18(21-9-6-10-25-12-11-24-4)22-14-15-7-8-17(23(2)3)16(19)13-15/h7-8,13H,5-6,9-12,14H2,1-4H3,(H2,20,21,22). The van der Waals surface area contributed by atoms with E-state index < -0.39 is 0 Å². The molecule has 0 radical (unpaired) electrons. The van der Waals surface area contributed by atoms with E-state index in [0.717, 1.165) is 31.0 Å². The fraction of sp³-hybridized carbons (Fsp3) is 0.611. The Labute approximate surface area is 150 Å². The molecule has 0 aliphatic carbocycles. The second-order valence-electron chi connectivity index (χ2n) is 5.76. The van der Waals surface area contributed by atoms with E-state index in [0.29, 0.717) is 32.1 Å². The lowest BCUT2D eigenvalue weighted by atomic mass is 10.2. The molecule has 142 valence electrons. The van der Waals surface area contributed by atoms with Crippen LogP contribution in [-0.2, 0) is 16.0 Å². The first-order valence-corrected chi connectivity index (χ1v) is 8.63. The molecule has 0 heterocycles. The maximum atomic E-state index is 14.0. The van der Waals surface area contributed by atoms with Crippen molar-refractivity contribution in [2.45, 2.75) is 19.9 Å². The molecule has 0 amide bonds. The zero-order valence-electron chi connectivity index (χ0n) is 15.8. The number of ether oxygens (including phenoxy) is 2. The summed E-state index contributed by atoms with van der Waals surface area (Å²) in [5.41, 5.74) is 1.41. The average molecular weight is 354 g/mol. The van der Waals surface area contributed by atoms with E-state index in [-0.39, 0.29) is 5.82 Å². The number of guanidine groups is 1. The van der Waals surface area contributed by atoms with Crippen molar-refractivity contribution in [3.05, 3.63) is 29.6 Å². The third-order valence-electron chi connectivity index (χ3n) is 3.45. The van der Waals surface area contributed by atoms with E-state index in [1.807, 2.05) is 27.1 Å². The van der Waals surface area contributed by atoms with Gasteiger partial charge in [0.2, 0.25) is 0 Å². The van der Waals surface area contributed by atoms with E-state index in [1.54, 1.807) is 18.1 Å². The number of benzene rings is 1. The van der Waals surface area contributed by atoms with Crippen LogP contribution in [0.25, 0.3) is 0 Å². The number of methoxy groups -OCH3 is 1. The summed E-state index contributed by atoms with van der Waals surface area (Å²) in [4.78, 5) is 6.25. The van der Waals surface area contributed by atoms with Crippen LogP contribution in [0.4, 0.5) is 10.1 Å². The van der Waals surface area contributed by atoms with Crippen molar-refractivity contribution >= 4 is 11.6 Å². The Hall–Kier alpha value is -1.86. The predicted octanol–water partition coefficient (Wildman–Crippen LogP) is 2.00. The Kier molecular flexibility index (Phi) is 10.6. The fourth-order valence-electron chi connectivity index (χ4n) is 2.15. The topological polar surface area (TPSA) is 58.1 Å². The molecule has 1 rings (SSSR count). The van der Waals surface area contributed by atoms with Crippen LogP contribution in [-0.4, -0.2) is 60.1 Å². The van der Waals surface area contributed by atoms with Gasteiger partial charge in [0.1, 0.15) is 5.82 Å². The van der Waals surface area contributed by atoms with Crippen LogP contribution in [0.1, 0.15) is 18.9 Å². The first kappa shape index (κ1) is 21.2. The van der Waals surface area contributed by atoms with Gasteiger partial charge in [-0.1, -0.05) is 6.07 Å². The molecule has 6 nitrogen and oxygen atoms in total. The lowest BCUT2D eigenvalue weighted by Crippen LogP contribution is -2.38. The van der Waals surface area contributed by atoms with Gasteiger partial charge in [-0.05, 0) is 31.0 Å². The molecular formula is C18H31FN4O2. The number of halogens is 1. The van der Waals surface area contributed by atoms with Gasteiger partial charge < -0.3 is 25.0 Å². The molecule has 7 heteroatoms. The van der Waals surface area contributed by atoms with Crippen molar-refractivity contribution in [2.75, 3.05) is 59.0 Å². The number of nitrogens with zero attached hydrogens (tertiary/aromatic N) is 2. The van der Waals surface area contributed by atoms with Crippen LogP contribution in [0.5, 0.6) is 0 Å². The molecule has 0 aliphatic rings. The summed E-state index contributed by atoms with van der Waals surface area (Å²) in [6.07, 6.45) is 0.875. The average Bonchev–Trinajstić information content (AvgIpc) is 2.58. The third kappa shape index (κ3) is 8.69. The quantitative estimate of drug-likeness (QED) is 0.362. The van der Waals surface area contributed by atoms with Crippen LogP contribution in [0, 0.1) is 5.82 Å². The predicted molar refractivity (Wildman–Crippen MR) is 101 cm³/mol. The van der Waals surface area contributed by atoms with Gasteiger partial charge in [0.05, 0.1) is 25.4 Å². The summed E-state index contributed by atoms with van der Waals surface area (Å²) in [6.45, 7) is 5.85. The summed E-state index contributed by atoms with van der Waals surface area (Å²) in [5, 5.41) is 6.44. The maximum Gasteiger partial charge on any atom is 0.191 e. The minimum atomic E-state index is -0.233. The molecule has 0 aliphatic heterocycles. The zero-order valence-corrected chi connectivity index (χ0v) is 15.8. The van der Waals surface area contributed by atoms with Crippen LogP contribution in [0.3, 0.4) is 0 Å². The molecule has 0 saturated heterocycles. The first-order chi connectivity index (χ1) is 12.1. The van der Waals surface area contributed by atoms with E-state index in [1.165, 1.54) is 6.07 Å². The summed E-state index contributed by atoms with van der Waals surface area (Å²) in [7, 11) is 5.30. The van der Waals surface area contributed by atoms with Crippen molar-refractivity contribution < 1.29 is 13.9 Å². The van der Waals surface area contributed by atoms with E-state index >= 15 is 0 Å². The second kappa shape index (κ2) is 12.5. The second-order valence-corrected chi connectivity index (χ2v) is 5.76. The Morgan fingerprint density at radius 2 is 2.00 bits per heavy atom. The number of anilines is 1. The highest BCUT2D eigenvalue weighted by Gasteiger charge is 2.05. The van der Waals surface area contributed by atoms with Crippen molar-refractivity contribution in [1.29, 1.82) is 0 Å². The van der Waals surface area contributed by atoms with Crippen molar-refractivity contribution in [3.63, 3.8) is 0 Å². The molecular weight excluding hydrogens is 323 g/mol. The van der Waals surface area contributed by atoms with Gasteiger partial charge >= 0.3 is 0 Å². The maximum absolute atomic E-state index is 14.0. The minimum absolute atomic E-state index is 0.233. The number of nitrogens with one attached hydrogen (secondary N) is 2. The molecule has 0 unspecified atom stereocenters. The van der Waals surface area contributed by atoms with Crippen LogP contribution in [0.15, 0.2) is 23.2 Å². The van der Waals surface area contributed by atoms with Crippen LogP contribution < -0.4 is 15.5 Å². The lowest BCUT2D eigenvalue weighted by molar-refractivity contribution is 0.0698. The van der Waals surface area contributed by atoms with Crippen molar-refractivity contribution in [2.24, 2.45) is 4.99 Å². The minimum Gasteiger partial charge on any atom is -0.382 e. The Morgan fingerprint density at radius 1 is 1.20 bits per heavy atom. The Morgan fingerprint density at radius 3 is 2.64 bits per heavy atom. The van der Waals surface area contributed by atoms with Gasteiger partial charge in [0.15, 0.2) is 5.96 Å². The van der Waals surface area contributed by atoms with Gasteiger partial charge in [0, 0.05) is 40.9 Å². The first-order valence-electron chi connectivity index (χ1n) is 8.63. The highest BCUT2D eigenvalue weighted by atomic mass is 19.1. The van der Waals surface area contributed by atoms with Gasteiger partial charge in [-0.15, -0.1) is 0 Å².